The number of hydrogen-bond acceptors (Lipinski definition) is 3. The topological polar surface area (TPSA) is 9.72 Å². The second-order valence-corrected chi connectivity index (χ2v) is 14.1. The standard InChI is InChI=1S/C48H42BN3/c1-31-7-17-37(18-8-31)50(38-19-9-32(2)10-20-38)41-29-46-48-47(30-41)52(40-23-13-34(4)14-24-40)45-26-16-36(6)28-43(45)49(48)42-27-35(5)15-25-44(42)51(46)39-21-11-33(3)12-22-39/h7-30H,1-6H3/i7D,8D,9D,10D,17D,18D,19D,20D. The van der Waals surface area contributed by atoms with Gasteiger partial charge in [0, 0.05) is 45.5 Å². The fraction of sp³-hybridized carbons (Fsp3) is 0.125. The van der Waals surface area contributed by atoms with Crippen molar-refractivity contribution in [3.8, 4) is 0 Å². The van der Waals surface area contributed by atoms with Gasteiger partial charge in [0.15, 0.2) is 0 Å². The van der Waals surface area contributed by atoms with E-state index in [0.29, 0.717) is 5.69 Å². The molecule has 0 aliphatic carbocycles. The predicted octanol–water partition coefficient (Wildman–Crippen LogP) is 11.1. The van der Waals surface area contributed by atoms with Crippen molar-refractivity contribution in [3.63, 3.8) is 0 Å². The van der Waals surface area contributed by atoms with Gasteiger partial charge in [-0.25, -0.2) is 0 Å². The van der Waals surface area contributed by atoms with Crippen LogP contribution < -0.4 is 31.1 Å². The molecule has 0 radical (unpaired) electrons. The molecule has 0 spiro atoms. The molecule has 0 saturated carbocycles. The van der Waals surface area contributed by atoms with Gasteiger partial charge in [0.05, 0.1) is 16.7 Å². The van der Waals surface area contributed by atoms with E-state index in [4.69, 9.17) is 5.48 Å². The molecule has 2 aliphatic rings. The van der Waals surface area contributed by atoms with Crippen LogP contribution in [0.1, 0.15) is 44.3 Å². The van der Waals surface area contributed by atoms with E-state index in [0.717, 1.165) is 72.8 Å². The van der Waals surface area contributed by atoms with E-state index in [1.165, 1.54) is 18.7 Å². The van der Waals surface area contributed by atoms with Gasteiger partial charge in [0.25, 0.3) is 6.71 Å². The molecule has 0 N–H and O–H groups in total. The minimum Gasteiger partial charge on any atom is -0.311 e. The molecule has 2 heterocycles. The van der Waals surface area contributed by atoms with Gasteiger partial charge in [0.2, 0.25) is 0 Å². The molecule has 3 nitrogen and oxygen atoms in total. The maximum Gasteiger partial charge on any atom is 0.252 e. The zero-order valence-corrected chi connectivity index (χ0v) is 30.2. The summed E-state index contributed by atoms with van der Waals surface area (Å²) in [6, 6.07) is 31.1. The second kappa shape index (κ2) is 12.3. The summed E-state index contributed by atoms with van der Waals surface area (Å²) in [5.74, 6) is 0. The molecule has 7 aromatic rings. The smallest absolute Gasteiger partial charge is 0.252 e. The fourth-order valence-electron chi connectivity index (χ4n) is 7.63. The Labute approximate surface area is 319 Å². The largest absolute Gasteiger partial charge is 0.311 e. The number of benzene rings is 7. The van der Waals surface area contributed by atoms with Gasteiger partial charge in [-0.3, -0.25) is 0 Å². The zero-order valence-electron chi connectivity index (χ0n) is 38.2. The Morgan fingerprint density at radius 3 is 1.19 bits per heavy atom. The number of rotatable bonds is 5. The van der Waals surface area contributed by atoms with Gasteiger partial charge in [-0.2, -0.15) is 0 Å². The molecule has 252 valence electrons. The maximum atomic E-state index is 9.38. The summed E-state index contributed by atoms with van der Waals surface area (Å²) in [4.78, 5) is 5.85. The van der Waals surface area contributed by atoms with Crippen LogP contribution in [0.5, 0.6) is 0 Å². The average Bonchev–Trinajstić information content (AvgIpc) is 3.23. The summed E-state index contributed by atoms with van der Waals surface area (Å²) < 4.78 is 73.3. The Morgan fingerprint density at radius 1 is 0.404 bits per heavy atom. The number of aryl methyl sites for hydroxylation is 4. The first-order valence-corrected chi connectivity index (χ1v) is 17.7. The molecule has 0 fully saturated rings. The molecule has 0 atom stereocenters. The summed E-state index contributed by atoms with van der Waals surface area (Å²) in [7, 11) is 0. The number of hydrogen-bond donors (Lipinski definition) is 0. The summed E-state index contributed by atoms with van der Waals surface area (Å²) >= 11 is 0. The van der Waals surface area contributed by atoms with Crippen LogP contribution in [0.2, 0.25) is 0 Å². The zero-order chi connectivity index (χ0) is 42.6. The average molecular weight is 680 g/mol. The molecule has 0 amide bonds. The van der Waals surface area contributed by atoms with Gasteiger partial charge in [-0.15, -0.1) is 0 Å². The Bertz CT molecular complexity index is 2700. The first-order chi connectivity index (χ1) is 28.6. The van der Waals surface area contributed by atoms with Crippen molar-refractivity contribution in [1.82, 2.24) is 0 Å². The highest BCUT2D eigenvalue weighted by Gasteiger charge is 2.44. The van der Waals surface area contributed by atoms with E-state index < -0.39 is 0 Å². The van der Waals surface area contributed by atoms with E-state index in [2.05, 4.69) is 109 Å². The third kappa shape index (κ3) is 5.29. The third-order valence-electron chi connectivity index (χ3n) is 10.1. The number of nitrogens with zero attached hydrogens (tertiary/aromatic N) is 3. The lowest BCUT2D eigenvalue weighted by molar-refractivity contribution is 1.22. The lowest BCUT2D eigenvalue weighted by atomic mass is 9.33. The van der Waals surface area contributed by atoms with Crippen molar-refractivity contribution >= 4 is 74.3 Å². The van der Waals surface area contributed by atoms with E-state index in [-0.39, 0.29) is 77.6 Å². The molecule has 0 saturated heterocycles. The summed E-state index contributed by atoms with van der Waals surface area (Å²) in [6.45, 7) is 11.2. The quantitative estimate of drug-likeness (QED) is 0.168. The van der Waals surface area contributed by atoms with Crippen LogP contribution in [0.4, 0.5) is 51.2 Å². The lowest BCUT2D eigenvalue weighted by Gasteiger charge is -2.45. The van der Waals surface area contributed by atoms with Crippen LogP contribution in [-0.2, 0) is 0 Å². The highest BCUT2D eigenvalue weighted by atomic mass is 15.2. The monoisotopic (exact) mass is 679 g/mol. The van der Waals surface area contributed by atoms with Gasteiger partial charge in [-0.1, -0.05) is 106 Å². The van der Waals surface area contributed by atoms with Crippen LogP contribution in [0.25, 0.3) is 0 Å². The molecule has 2 aliphatic heterocycles. The molecule has 7 aromatic carbocycles. The van der Waals surface area contributed by atoms with Crippen molar-refractivity contribution in [3.05, 3.63) is 179 Å². The van der Waals surface area contributed by atoms with Gasteiger partial charge < -0.3 is 14.7 Å². The Morgan fingerprint density at radius 2 is 0.788 bits per heavy atom. The normalized spacial score (nSPS) is 14.8. The molecular weight excluding hydrogens is 629 g/mol. The van der Waals surface area contributed by atoms with Gasteiger partial charge in [0.1, 0.15) is 0 Å². The van der Waals surface area contributed by atoms with Crippen molar-refractivity contribution in [2.24, 2.45) is 0 Å². The molecule has 4 heteroatoms. The van der Waals surface area contributed by atoms with Crippen LogP contribution in [-0.4, -0.2) is 6.71 Å². The predicted molar refractivity (Wildman–Crippen MR) is 224 cm³/mol. The summed E-state index contributed by atoms with van der Waals surface area (Å²) in [6.07, 6.45) is 0. The van der Waals surface area contributed by atoms with Gasteiger partial charge in [-0.05, 0) is 131 Å². The minimum absolute atomic E-state index is 0.162. The van der Waals surface area contributed by atoms with Crippen LogP contribution >= 0.6 is 0 Å². The van der Waals surface area contributed by atoms with Crippen molar-refractivity contribution in [1.29, 1.82) is 0 Å². The number of anilines is 9. The van der Waals surface area contributed by atoms with Crippen LogP contribution in [0.3, 0.4) is 0 Å². The minimum atomic E-state index is -0.359. The Kier molecular flexibility index (Phi) is 5.76. The summed E-state index contributed by atoms with van der Waals surface area (Å²) in [5.41, 5.74) is 13.3. The Balaban J connectivity index is 1.49. The fourth-order valence-corrected chi connectivity index (χ4v) is 7.63. The summed E-state index contributed by atoms with van der Waals surface area (Å²) in [5, 5.41) is 0. The van der Waals surface area contributed by atoms with Crippen LogP contribution in [0, 0.1) is 41.5 Å². The molecule has 9 rings (SSSR count). The molecule has 52 heavy (non-hydrogen) atoms. The third-order valence-corrected chi connectivity index (χ3v) is 10.1. The Hall–Kier alpha value is -6.00. The van der Waals surface area contributed by atoms with Crippen LogP contribution in [0.15, 0.2) is 145 Å². The highest BCUT2D eigenvalue weighted by molar-refractivity contribution is 7.00. The molecular formula is C48H42BN3. The van der Waals surface area contributed by atoms with E-state index in [1.807, 2.05) is 26.0 Å². The van der Waals surface area contributed by atoms with Crippen molar-refractivity contribution < 1.29 is 11.0 Å². The number of fused-ring (bicyclic) bond motifs is 4. The molecule has 0 aromatic heterocycles. The first kappa shape index (κ1) is 24.2. The van der Waals surface area contributed by atoms with Gasteiger partial charge >= 0.3 is 0 Å². The SMILES string of the molecule is [2H]c1c([2H])c(N(c2cc3c4c(c2)N(c2ccc(C)cc2)c2ccc(C)cc2B4c2cc(C)ccc2N3c2ccc(C)cc2)c2c([2H])c([2H])c(C)c([2H])c2[2H])c([2H])c([2H])c1C. The highest BCUT2D eigenvalue weighted by Crippen LogP contribution is 2.48. The van der Waals surface area contributed by atoms with Crippen molar-refractivity contribution in [2.75, 3.05) is 14.7 Å². The second-order valence-electron chi connectivity index (χ2n) is 14.1. The van der Waals surface area contributed by atoms with E-state index in [9.17, 15) is 5.48 Å². The lowest BCUT2D eigenvalue weighted by Crippen LogP contribution is -2.61. The van der Waals surface area contributed by atoms with Crippen molar-refractivity contribution in [2.45, 2.75) is 41.5 Å². The first-order valence-electron chi connectivity index (χ1n) is 21.7. The molecule has 0 unspecified atom stereocenters. The van der Waals surface area contributed by atoms with E-state index in [1.54, 1.807) is 0 Å². The maximum absolute atomic E-state index is 9.38. The molecule has 0 bridgehead atoms. The van der Waals surface area contributed by atoms with E-state index >= 15 is 0 Å².